The lowest BCUT2D eigenvalue weighted by Crippen LogP contribution is -2.16. The third-order valence-electron chi connectivity index (χ3n) is 4.49. The Morgan fingerprint density at radius 3 is 2.89 bits per heavy atom. The molecule has 28 heavy (non-hydrogen) atoms. The maximum absolute atomic E-state index is 11.4. The van der Waals surface area contributed by atoms with Gasteiger partial charge in [0, 0.05) is 18.1 Å². The maximum Gasteiger partial charge on any atom is 0.284 e. The molecule has 7 heteroatoms. The number of pyridine rings is 1. The first-order valence-electron chi connectivity index (χ1n) is 8.90. The third kappa shape index (κ3) is 3.96. The zero-order chi connectivity index (χ0) is 19.3. The molecular formula is C21H19N3O3S. The van der Waals surface area contributed by atoms with E-state index in [0.717, 1.165) is 41.2 Å². The van der Waals surface area contributed by atoms with Gasteiger partial charge in [-0.2, -0.15) is 0 Å². The highest BCUT2D eigenvalue weighted by atomic mass is 32.1. The predicted molar refractivity (Wildman–Crippen MR) is 108 cm³/mol. The lowest BCUT2D eigenvalue weighted by molar-refractivity contribution is 0.0711. The van der Waals surface area contributed by atoms with Gasteiger partial charge in [0.25, 0.3) is 5.91 Å². The van der Waals surface area contributed by atoms with Crippen LogP contribution in [0.25, 0.3) is 21.5 Å². The molecule has 0 aliphatic heterocycles. The van der Waals surface area contributed by atoms with E-state index in [1.54, 1.807) is 17.8 Å². The van der Waals surface area contributed by atoms with Crippen molar-refractivity contribution in [2.24, 2.45) is 0 Å². The Morgan fingerprint density at radius 2 is 2.07 bits per heavy atom. The first-order valence-corrected chi connectivity index (χ1v) is 9.71. The van der Waals surface area contributed by atoms with Gasteiger partial charge in [0.2, 0.25) is 0 Å². The van der Waals surface area contributed by atoms with Crippen molar-refractivity contribution in [2.75, 3.05) is 6.54 Å². The Morgan fingerprint density at radius 1 is 1.14 bits per heavy atom. The van der Waals surface area contributed by atoms with Gasteiger partial charge in [0.1, 0.15) is 5.58 Å². The second-order valence-electron chi connectivity index (χ2n) is 6.33. The first-order chi connectivity index (χ1) is 13.7. The van der Waals surface area contributed by atoms with Crippen molar-refractivity contribution in [1.29, 1.82) is 0 Å². The number of carbonyl (C=O) groups is 1. The summed E-state index contributed by atoms with van der Waals surface area (Å²) in [6.45, 7) is 1.59. The number of furan rings is 1. The molecule has 0 bridgehead atoms. The minimum absolute atomic E-state index is 0.442. The summed E-state index contributed by atoms with van der Waals surface area (Å²) in [5.74, 6) is -0.511. The van der Waals surface area contributed by atoms with Crippen molar-refractivity contribution < 1.29 is 14.4 Å². The van der Waals surface area contributed by atoms with Crippen molar-refractivity contribution in [1.82, 2.24) is 15.8 Å². The fourth-order valence-electron chi connectivity index (χ4n) is 3.06. The van der Waals surface area contributed by atoms with Crippen LogP contribution in [0.1, 0.15) is 20.8 Å². The zero-order valence-corrected chi connectivity index (χ0v) is 15.8. The molecular weight excluding hydrogens is 374 g/mol. The highest BCUT2D eigenvalue weighted by Crippen LogP contribution is 2.26. The average Bonchev–Trinajstić information content (AvgIpc) is 3.41. The van der Waals surface area contributed by atoms with Crippen molar-refractivity contribution in [3.63, 3.8) is 0 Å². The van der Waals surface area contributed by atoms with Gasteiger partial charge in [-0.1, -0.05) is 18.2 Å². The van der Waals surface area contributed by atoms with Crippen LogP contribution in [0.3, 0.4) is 0 Å². The predicted octanol–water partition coefficient (Wildman–Crippen LogP) is 4.01. The topological polar surface area (TPSA) is 87.4 Å². The van der Waals surface area contributed by atoms with Gasteiger partial charge in [-0.05, 0) is 54.4 Å². The van der Waals surface area contributed by atoms with E-state index in [9.17, 15) is 4.79 Å². The van der Waals surface area contributed by atoms with Gasteiger partial charge in [-0.25, -0.2) is 5.48 Å². The molecule has 1 amide bonds. The summed E-state index contributed by atoms with van der Waals surface area (Å²) >= 11 is 1.29. The lowest BCUT2D eigenvalue weighted by atomic mass is 10.1. The molecule has 0 saturated carbocycles. The zero-order valence-electron chi connectivity index (χ0n) is 15.0. The molecule has 0 aliphatic carbocycles. The van der Waals surface area contributed by atoms with E-state index >= 15 is 0 Å². The summed E-state index contributed by atoms with van der Waals surface area (Å²) in [7, 11) is 0. The molecule has 0 radical (unpaired) electrons. The van der Waals surface area contributed by atoms with Crippen molar-refractivity contribution in [3.05, 3.63) is 77.0 Å². The summed E-state index contributed by atoms with van der Waals surface area (Å²) in [6, 6.07) is 15.6. The Kier molecular flexibility index (Phi) is 5.48. The van der Waals surface area contributed by atoms with Crippen molar-refractivity contribution in [2.45, 2.75) is 13.0 Å². The summed E-state index contributed by atoms with van der Waals surface area (Å²) in [5.41, 5.74) is 5.73. The van der Waals surface area contributed by atoms with E-state index in [4.69, 9.17) is 9.62 Å². The van der Waals surface area contributed by atoms with Crippen LogP contribution in [0.5, 0.6) is 0 Å². The van der Waals surface area contributed by atoms with Gasteiger partial charge in [0.05, 0.1) is 21.7 Å². The maximum atomic E-state index is 11.4. The molecule has 6 nitrogen and oxygen atoms in total. The molecule has 3 aromatic heterocycles. The Hall–Kier alpha value is -3.00. The van der Waals surface area contributed by atoms with Crippen LogP contribution in [0.15, 0.2) is 65.4 Å². The molecule has 0 saturated heterocycles. The molecule has 0 aliphatic rings. The molecule has 3 heterocycles. The van der Waals surface area contributed by atoms with Crippen LogP contribution in [0, 0.1) is 0 Å². The lowest BCUT2D eigenvalue weighted by Gasteiger charge is -2.06. The highest BCUT2D eigenvalue weighted by molar-refractivity contribution is 7.17. The molecule has 0 unspecified atom stereocenters. The molecule has 3 N–H and O–H groups in total. The molecule has 1 aromatic carbocycles. The Labute approximate surface area is 165 Å². The van der Waals surface area contributed by atoms with E-state index in [1.165, 1.54) is 22.3 Å². The third-order valence-corrected chi connectivity index (χ3v) is 5.60. The fourth-order valence-corrected chi connectivity index (χ4v) is 3.93. The van der Waals surface area contributed by atoms with Crippen LogP contribution < -0.4 is 10.8 Å². The van der Waals surface area contributed by atoms with E-state index < -0.39 is 5.91 Å². The average molecular weight is 393 g/mol. The number of rotatable bonds is 7. The van der Waals surface area contributed by atoms with Crippen LogP contribution in [-0.2, 0) is 13.0 Å². The van der Waals surface area contributed by atoms with E-state index in [-0.39, 0.29) is 0 Å². The summed E-state index contributed by atoms with van der Waals surface area (Å²) in [6.07, 6.45) is 4.49. The van der Waals surface area contributed by atoms with Gasteiger partial charge in [-0.3, -0.25) is 15.0 Å². The molecule has 0 spiro atoms. The summed E-state index contributed by atoms with van der Waals surface area (Å²) in [4.78, 5) is 17.2. The molecule has 4 aromatic rings. The fraction of sp³-hybridized carbons (Fsp3) is 0.143. The highest BCUT2D eigenvalue weighted by Gasteiger charge is 2.10. The largest absolute Gasteiger partial charge is 0.464 e. The summed E-state index contributed by atoms with van der Waals surface area (Å²) < 4.78 is 5.44. The van der Waals surface area contributed by atoms with Crippen molar-refractivity contribution in [3.8, 4) is 10.6 Å². The number of hydroxylamine groups is 1. The minimum atomic E-state index is -0.511. The van der Waals surface area contributed by atoms with Gasteiger partial charge >= 0.3 is 0 Å². The van der Waals surface area contributed by atoms with Crippen LogP contribution in [0.4, 0.5) is 0 Å². The molecule has 0 fully saturated rings. The molecule has 0 atom stereocenters. The molecule has 142 valence electrons. The van der Waals surface area contributed by atoms with E-state index in [1.807, 2.05) is 42.6 Å². The number of carbonyl (C=O) groups excluding carboxylic acids is 1. The number of fused-ring (bicyclic) bond motifs is 1. The van der Waals surface area contributed by atoms with Crippen LogP contribution in [-0.4, -0.2) is 22.6 Å². The van der Waals surface area contributed by atoms with Crippen molar-refractivity contribution >= 4 is 28.2 Å². The Balaban J connectivity index is 1.32. The van der Waals surface area contributed by atoms with Crippen LogP contribution >= 0.6 is 11.3 Å². The van der Waals surface area contributed by atoms with Gasteiger partial charge < -0.3 is 9.73 Å². The minimum Gasteiger partial charge on any atom is -0.464 e. The second kappa shape index (κ2) is 8.35. The van der Waals surface area contributed by atoms with Gasteiger partial charge in [0.15, 0.2) is 0 Å². The van der Waals surface area contributed by atoms with Crippen LogP contribution in [0.2, 0.25) is 0 Å². The second-order valence-corrected chi connectivity index (χ2v) is 7.42. The number of nitrogens with zero attached hydrogens (tertiary/aromatic N) is 1. The van der Waals surface area contributed by atoms with E-state index in [2.05, 4.69) is 16.4 Å². The van der Waals surface area contributed by atoms with Gasteiger partial charge in [-0.15, -0.1) is 11.3 Å². The Bertz CT molecular complexity index is 1090. The SMILES string of the molecule is O=C(NO)c1ccc(-c2ccc(CNCCc3cccc4occc34)cn2)s1. The number of amides is 1. The number of nitrogens with one attached hydrogen (secondary N) is 2. The monoisotopic (exact) mass is 393 g/mol. The number of hydrogen-bond donors (Lipinski definition) is 3. The number of thiophene rings is 1. The quantitative estimate of drug-likeness (QED) is 0.251. The van der Waals surface area contributed by atoms with E-state index in [0.29, 0.717) is 4.88 Å². The number of hydrogen-bond acceptors (Lipinski definition) is 6. The first kappa shape index (κ1) is 18.4. The number of benzene rings is 1. The number of aromatic nitrogens is 1. The standard InChI is InChI=1S/C21H19N3O3S/c25-21(24-26)20-7-6-19(28-20)17-5-4-14(13-23-17)12-22-10-8-15-2-1-3-18-16(15)9-11-27-18/h1-7,9,11,13,22,26H,8,10,12H2,(H,24,25). The normalized spacial score (nSPS) is 11.0. The summed E-state index contributed by atoms with van der Waals surface area (Å²) in [5, 5.41) is 13.3. The smallest absolute Gasteiger partial charge is 0.284 e. The molecule has 4 rings (SSSR count).